The summed E-state index contributed by atoms with van der Waals surface area (Å²) in [7, 11) is -3.92. The summed E-state index contributed by atoms with van der Waals surface area (Å²) >= 11 is 0. The first-order chi connectivity index (χ1) is 16.2. The fourth-order valence-corrected chi connectivity index (χ4v) is 4.82. The Labute approximate surface area is 194 Å². The molecule has 2 aliphatic rings. The number of aromatic nitrogens is 2. The molecule has 2 aliphatic heterocycles. The van der Waals surface area contributed by atoms with Crippen molar-refractivity contribution >= 4 is 13.8 Å². The van der Waals surface area contributed by atoms with Crippen molar-refractivity contribution in [1.29, 1.82) is 0 Å². The van der Waals surface area contributed by atoms with Gasteiger partial charge in [-0.3, -0.25) is 32.7 Å². The maximum Gasteiger partial charge on any atom is 0.474 e. The van der Waals surface area contributed by atoms with Crippen molar-refractivity contribution in [3.8, 4) is 0 Å². The van der Waals surface area contributed by atoms with Crippen LogP contribution in [0.1, 0.15) is 44.4 Å². The van der Waals surface area contributed by atoms with E-state index in [-0.39, 0.29) is 44.5 Å². The van der Waals surface area contributed by atoms with Crippen molar-refractivity contribution in [2.24, 2.45) is 11.0 Å². The molecule has 2 saturated heterocycles. The number of aryl methyl sites for hydroxylation is 1. The largest absolute Gasteiger partial charge is 0.474 e. The molecule has 0 bridgehead atoms. The van der Waals surface area contributed by atoms with Gasteiger partial charge in [-0.2, -0.15) is 0 Å². The minimum Gasteiger partial charge on any atom is -0.466 e. The molecule has 1 N–H and O–H groups in total. The number of phosphoric ester groups is 1. The number of aromatic amines is 1. The average Bonchev–Trinajstić information content (AvgIpc) is 3.20. The lowest BCUT2D eigenvalue weighted by molar-refractivity contribution is -0.146. The molecule has 0 aliphatic carbocycles. The Kier molecular flexibility index (Phi) is 9.06. The Morgan fingerprint density at radius 2 is 2.12 bits per heavy atom. The fourth-order valence-electron chi connectivity index (χ4n) is 3.48. The number of esters is 1. The number of nitrogens with zero attached hydrogens (tertiary/aromatic N) is 4. The van der Waals surface area contributed by atoms with Gasteiger partial charge in [0.1, 0.15) is 6.23 Å². The first kappa shape index (κ1) is 26.1. The number of phosphoric acid groups is 1. The molecule has 34 heavy (non-hydrogen) atoms. The number of carbonyl (C=O) groups excluding carboxylic acids is 1. The van der Waals surface area contributed by atoms with Gasteiger partial charge in [-0.25, -0.2) is 9.36 Å². The average molecular weight is 501 g/mol. The van der Waals surface area contributed by atoms with Crippen molar-refractivity contribution in [3.05, 3.63) is 43.0 Å². The summed E-state index contributed by atoms with van der Waals surface area (Å²) in [6, 6.07) is -0.726. The van der Waals surface area contributed by atoms with E-state index >= 15 is 0 Å². The van der Waals surface area contributed by atoms with Crippen molar-refractivity contribution in [2.75, 3.05) is 26.4 Å². The number of unbranched alkanes of at least 4 members (excludes halogenated alkanes) is 1. The minimum absolute atomic E-state index is 0.0138. The van der Waals surface area contributed by atoms with Gasteiger partial charge in [-0.1, -0.05) is 18.5 Å². The summed E-state index contributed by atoms with van der Waals surface area (Å²) in [5.41, 5.74) is 8.00. The standard InChI is InChI=1S/C19H28N5O9P/c1-3-4-5-29-17(25)6-13-9-30-34(28,31-10-13)32-11-15-14(22-23-20)7-16(33-15)24-8-12(2)18(26)21-19(24)27/h8,13-16H,3-7,9-11H2,1-2H3,(H,21,26,27)/t13?,14?,15-,16-,34?/m1/s1. The fraction of sp³-hybridized carbons (Fsp3) is 0.737. The smallest absolute Gasteiger partial charge is 0.466 e. The van der Waals surface area contributed by atoms with Gasteiger partial charge in [0.2, 0.25) is 0 Å². The lowest BCUT2D eigenvalue weighted by atomic mass is 10.1. The van der Waals surface area contributed by atoms with Crippen LogP contribution < -0.4 is 11.2 Å². The predicted octanol–water partition coefficient (Wildman–Crippen LogP) is 2.33. The highest BCUT2D eigenvalue weighted by atomic mass is 31.2. The van der Waals surface area contributed by atoms with Crippen LogP contribution in [0.15, 0.2) is 20.9 Å². The van der Waals surface area contributed by atoms with Gasteiger partial charge in [0.05, 0.1) is 45.0 Å². The highest BCUT2D eigenvalue weighted by molar-refractivity contribution is 7.48. The first-order valence-corrected chi connectivity index (χ1v) is 12.4. The number of hydrogen-bond donors (Lipinski definition) is 1. The Bertz CT molecular complexity index is 1070. The Hall–Kier alpha value is -2.47. The first-order valence-electron chi connectivity index (χ1n) is 11.0. The van der Waals surface area contributed by atoms with Gasteiger partial charge < -0.3 is 9.47 Å². The third kappa shape index (κ3) is 6.78. The molecule has 15 heteroatoms. The SMILES string of the molecule is CCCCOC(=O)CC1COP(=O)(OC[C@H]2O[C@@H](n3cc(C)c(=O)[nH]c3=O)CC2N=[N+]=[N-])OC1. The monoisotopic (exact) mass is 501 g/mol. The van der Waals surface area contributed by atoms with Gasteiger partial charge in [0.15, 0.2) is 0 Å². The van der Waals surface area contributed by atoms with E-state index in [1.807, 2.05) is 6.92 Å². The van der Waals surface area contributed by atoms with Crippen molar-refractivity contribution in [1.82, 2.24) is 9.55 Å². The summed E-state index contributed by atoms with van der Waals surface area (Å²) in [5, 5.41) is 3.68. The third-order valence-electron chi connectivity index (χ3n) is 5.41. The molecule has 2 fully saturated rings. The van der Waals surface area contributed by atoms with Crippen LogP contribution in [0, 0.1) is 12.8 Å². The van der Waals surface area contributed by atoms with Crippen molar-refractivity contribution in [2.45, 2.75) is 57.9 Å². The minimum atomic E-state index is -3.92. The highest BCUT2D eigenvalue weighted by Crippen LogP contribution is 2.53. The second-order valence-electron chi connectivity index (χ2n) is 8.09. The summed E-state index contributed by atoms with van der Waals surface area (Å²) in [4.78, 5) is 40.6. The maximum absolute atomic E-state index is 12.7. The molecule has 3 rings (SSSR count). The molecule has 0 spiro atoms. The molecular formula is C19H28N5O9P. The zero-order valence-electron chi connectivity index (χ0n) is 19.0. The molecule has 3 heterocycles. The van der Waals surface area contributed by atoms with Crippen LogP contribution >= 0.6 is 7.82 Å². The van der Waals surface area contributed by atoms with E-state index in [4.69, 9.17) is 28.6 Å². The van der Waals surface area contributed by atoms with Gasteiger partial charge in [-0.15, -0.1) is 0 Å². The topological polar surface area (TPSA) is 184 Å². The molecule has 0 saturated carbocycles. The second-order valence-corrected chi connectivity index (χ2v) is 9.76. The van der Waals surface area contributed by atoms with Crippen LogP contribution in [-0.2, 0) is 32.4 Å². The third-order valence-corrected chi connectivity index (χ3v) is 6.81. The van der Waals surface area contributed by atoms with Crippen LogP contribution in [0.2, 0.25) is 0 Å². The van der Waals surface area contributed by atoms with Gasteiger partial charge in [-0.05, 0) is 18.9 Å². The second kappa shape index (κ2) is 11.8. The number of H-pyrrole nitrogens is 1. The number of ether oxygens (including phenoxy) is 2. The number of rotatable bonds is 10. The van der Waals surface area contributed by atoms with E-state index in [0.29, 0.717) is 12.2 Å². The number of azide groups is 1. The van der Waals surface area contributed by atoms with Gasteiger partial charge in [0.25, 0.3) is 5.56 Å². The number of nitrogens with one attached hydrogen (secondary N) is 1. The molecule has 14 nitrogen and oxygen atoms in total. The molecule has 0 aromatic carbocycles. The normalized spacial score (nSPS) is 28.9. The zero-order chi connectivity index (χ0) is 24.7. The van der Waals surface area contributed by atoms with Crippen molar-refractivity contribution in [3.63, 3.8) is 0 Å². The molecule has 3 atom stereocenters. The predicted molar refractivity (Wildman–Crippen MR) is 117 cm³/mol. The van der Waals surface area contributed by atoms with E-state index in [9.17, 15) is 18.9 Å². The Balaban J connectivity index is 1.55. The van der Waals surface area contributed by atoms with Crippen LogP contribution in [0.3, 0.4) is 0 Å². The Morgan fingerprint density at radius 3 is 2.79 bits per heavy atom. The maximum atomic E-state index is 12.7. The zero-order valence-corrected chi connectivity index (χ0v) is 19.8. The molecule has 0 radical (unpaired) electrons. The Morgan fingerprint density at radius 1 is 1.38 bits per heavy atom. The summed E-state index contributed by atoms with van der Waals surface area (Å²) in [6.45, 7) is 3.56. The highest BCUT2D eigenvalue weighted by Gasteiger charge is 2.41. The van der Waals surface area contributed by atoms with Gasteiger partial charge >= 0.3 is 19.5 Å². The van der Waals surface area contributed by atoms with E-state index in [0.717, 1.165) is 12.8 Å². The molecule has 1 unspecified atom stereocenters. The van der Waals surface area contributed by atoms with Crippen LogP contribution in [-0.4, -0.2) is 54.1 Å². The van der Waals surface area contributed by atoms with Gasteiger partial charge in [0, 0.05) is 29.0 Å². The molecular weight excluding hydrogens is 473 g/mol. The molecule has 1 aromatic rings. The van der Waals surface area contributed by atoms with E-state index in [1.165, 1.54) is 17.7 Å². The molecule has 0 amide bonds. The molecule has 188 valence electrons. The summed E-state index contributed by atoms with van der Waals surface area (Å²) < 4.78 is 40.7. The summed E-state index contributed by atoms with van der Waals surface area (Å²) in [5.74, 6) is -0.697. The number of hydrogen-bond acceptors (Lipinski definition) is 10. The van der Waals surface area contributed by atoms with E-state index in [2.05, 4.69) is 15.0 Å². The van der Waals surface area contributed by atoms with E-state index in [1.54, 1.807) is 0 Å². The lowest BCUT2D eigenvalue weighted by Gasteiger charge is -2.28. The summed E-state index contributed by atoms with van der Waals surface area (Å²) in [6.07, 6.45) is 1.58. The number of carbonyl (C=O) groups is 1. The lowest BCUT2D eigenvalue weighted by Crippen LogP contribution is -2.33. The quantitative estimate of drug-likeness (QED) is 0.125. The van der Waals surface area contributed by atoms with Crippen LogP contribution in [0.25, 0.3) is 10.4 Å². The van der Waals surface area contributed by atoms with Crippen molar-refractivity contribution < 1.29 is 32.4 Å². The van der Waals surface area contributed by atoms with E-state index < -0.39 is 37.4 Å². The van der Waals surface area contributed by atoms with Crippen LogP contribution in [0.5, 0.6) is 0 Å². The molecule has 1 aromatic heterocycles. The van der Waals surface area contributed by atoms with Crippen LogP contribution in [0.4, 0.5) is 0 Å².